The van der Waals surface area contributed by atoms with Gasteiger partial charge >= 0.3 is 5.69 Å². The van der Waals surface area contributed by atoms with Gasteiger partial charge in [-0.05, 0) is 23.8 Å². The normalized spacial score (nSPS) is 17.8. The van der Waals surface area contributed by atoms with Gasteiger partial charge in [-0.25, -0.2) is 4.79 Å². The van der Waals surface area contributed by atoms with Crippen LogP contribution in [0, 0.1) is 0 Å². The van der Waals surface area contributed by atoms with Gasteiger partial charge < -0.3 is 15.8 Å². The fraction of sp³-hybridized carbons (Fsp3) is 0.308. The van der Waals surface area contributed by atoms with E-state index in [9.17, 15) is 4.79 Å². The summed E-state index contributed by atoms with van der Waals surface area (Å²) in [5, 5.41) is 3.89. The van der Waals surface area contributed by atoms with Crippen LogP contribution < -0.4 is 16.7 Å². The highest BCUT2D eigenvalue weighted by Gasteiger charge is 2.17. The van der Waals surface area contributed by atoms with Gasteiger partial charge in [-0.3, -0.25) is 4.98 Å². The van der Waals surface area contributed by atoms with Crippen LogP contribution in [0.25, 0.3) is 11.4 Å². The van der Waals surface area contributed by atoms with E-state index in [-0.39, 0.29) is 30.2 Å². The minimum Gasteiger partial charge on any atom is -0.378 e. The lowest BCUT2D eigenvalue weighted by atomic mass is 10.0. The maximum atomic E-state index is 11.4. The summed E-state index contributed by atoms with van der Waals surface area (Å²) in [6, 6.07) is 5.49. The highest BCUT2D eigenvalue weighted by atomic mass is 35.5. The second kappa shape index (κ2) is 7.06. The molecule has 1 fully saturated rings. The number of nitrogens with two attached hydrogens (primary N) is 1. The fourth-order valence-electron chi connectivity index (χ4n) is 2.25. The first-order chi connectivity index (χ1) is 10.1. The number of hydrogen-bond acceptors (Lipinski definition) is 6. The largest absolute Gasteiger partial charge is 0.378 e. The number of H-pyrrole nitrogens is 1. The molecule has 1 aliphatic rings. The number of rotatable bonds is 2. The molecule has 9 heteroatoms. The van der Waals surface area contributed by atoms with Gasteiger partial charge in [-0.15, -0.1) is 12.4 Å². The van der Waals surface area contributed by atoms with Crippen molar-refractivity contribution in [3.63, 3.8) is 0 Å². The van der Waals surface area contributed by atoms with Gasteiger partial charge in [0.1, 0.15) is 0 Å². The molecule has 3 rings (SSSR count). The van der Waals surface area contributed by atoms with Crippen LogP contribution in [0.2, 0.25) is 5.02 Å². The molecule has 0 aliphatic carbocycles. The number of nitrogens with one attached hydrogen (secondary N) is 2. The Bertz CT molecular complexity index is 716. The molecule has 1 aromatic heterocycles. The number of nitrogen functional groups attached to an aromatic ring is 1. The van der Waals surface area contributed by atoms with Crippen molar-refractivity contribution in [2.75, 3.05) is 25.5 Å². The highest BCUT2D eigenvalue weighted by molar-refractivity contribution is 6.30. The lowest BCUT2D eigenvalue weighted by molar-refractivity contribution is 0.0769. The number of nitrogens with zero attached hydrogens (tertiary/aromatic N) is 2. The Kier molecular flexibility index (Phi) is 5.36. The zero-order valence-electron chi connectivity index (χ0n) is 11.5. The Morgan fingerprint density at radius 3 is 2.82 bits per heavy atom. The summed E-state index contributed by atoms with van der Waals surface area (Å²) in [5.74, 6) is 0.266. The van der Waals surface area contributed by atoms with Gasteiger partial charge in [0.05, 0.1) is 19.3 Å². The van der Waals surface area contributed by atoms with E-state index in [0.717, 1.165) is 12.1 Å². The quantitative estimate of drug-likeness (QED) is 0.755. The Labute approximate surface area is 137 Å². The molecule has 4 N–H and O–H groups in total. The predicted molar refractivity (Wildman–Crippen MR) is 86.3 cm³/mol. The molecule has 0 spiro atoms. The number of benzene rings is 1. The summed E-state index contributed by atoms with van der Waals surface area (Å²) in [4.78, 5) is 21.6. The Hall–Kier alpha value is -1.67. The Morgan fingerprint density at radius 1 is 1.32 bits per heavy atom. The zero-order chi connectivity index (χ0) is 14.8. The molecule has 0 radical (unpaired) electrons. The summed E-state index contributed by atoms with van der Waals surface area (Å²) >= 11 is 6.16. The molecule has 0 bridgehead atoms. The molecule has 2 aromatic rings. The number of halogens is 2. The standard InChI is InChI=1S/C13H14ClN5O2.ClH/c14-9-4-7(10-6-21-2-1-16-10)3-8(5-9)11-17-12(15)19-13(20)18-11;/h3-5,10,16H,1-2,6H2,(H3,15,17,18,19,20);1H/t10-;/m0./s1. The molecule has 1 atom stereocenters. The summed E-state index contributed by atoms with van der Waals surface area (Å²) < 4.78 is 5.45. The van der Waals surface area contributed by atoms with E-state index in [0.29, 0.717) is 23.8 Å². The molecule has 1 saturated heterocycles. The Balaban J connectivity index is 0.00000176. The third-order valence-electron chi connectivity index (χ3n) is 3.17. The van der Waals surface area contributed by atoms with E-state index < -0.39 is 5.69 Å². The molecule has 2 heterocycles. The van der Waals surface area contributed by atoms with Crippen LogP contribution in [-0.2, 0) is 4.74 Å². The monoisotopic (exact) mass is 343 g/mol. The van der Waals surface area contributed by atoms with Crippen LogP contribution in [0.15, 0.2) is 23.0 Å². The van der Waals surface area contributed by atoms with Crippen LogP contribution in [0.5, 0.6) is 0 Å². The van der Waals surface area contributed by atoms with Crippen molar-refractivity contribution in [2.45, 2.75) is 6.04 Å². The molecular weight excluding hydrogens is 329 g/mol. The van der Waals surface area contributed by atoms with Crippen molar-refractivity contribution in [1.29, 1.82) is 0 Å². The van der Waals surface area contributed by atoms with Crippen LogP contribution in [0.3, 0.4) is 0 Å². The Morgan fingerprint density at radius 2 is 2.14 bits per heavy atom. The molecule has 118 valence electrons. The van der Waals surface area contributed by atoms with Crippen molar-refractivity contribution in [3.05, 3.63) is 39.3 Å². The number of hydrogen-bond donors (Lipinski definition) is 3. The van der Waals surface area contributed by atoms with E-state index in [1.807, 2.05) is 12.1 Å². The molecule has 0 saturated carbocycles. The second-order valence-corrected chi connectivity index (χ2v) is 5.15. The van der Waals surface area contributed by atoms with Crippen molar-refractivity contribution in [2.24, 2.45) is 0 Å². The summed E-state index contributed by atoms with van der Waals surface area (Å²) in [6.45, 7) is 2.04. The number of ether oxygens (including phenoxy) is 1. The maximum absolute atomic E-state index is 11.4. The van der Waals surface area contributed by atoms with Gasteiger partial charge in [0.25, 0.3) is 0 Å². The van der Waals surface area contributed by atoms with E-state index in [4.69, 9.17) is 22.1 Å². The van der Waals surface area contributed by atoms with Gasteiger partial charge in [0, 0.05) is 17.1 Å². The smallest absolute Gasteiger partial charge is 0.349 e. The zero-order valence-corrected chi connectivity index (χ0v) is 13.1. The molecule has 0 unspecified atom stereocenters. The average molecular weight is 344 g/mol. The molecule has 1 aromatic carbocycles. The number of aromatic amines is 1. The molecule has 7 nitrogen and oxygen atoms in total. The second-order valence-electron chi connectivity index (χ2n) is 4.72. The highest BCUT2D eigenvalue weighted by Crippen LogP contribution is 2.26. The van der Waals surface area contributed by atoms with Crippen LogP contribution in [0.4, 0.5) is 5.95 Å². The van der Waals surface area contributed by atoms with E-state index >= 15 is 0 Å². The molecule has 1 aliphatic heterocycles. The lowest BCUT2D eigenvalue weighted by Gasteiger charge is -2.24. The first-order valence-corrected chi connectivity index (χ1v) is 6.85. The number of morpholine rings is 1. The lowest BCUT2D eigenvalue weighted by Crippen LogP contribution is -2.34. The van der Waals surface area contributed by atoms with E-state index in [1.54, 1.807) is 6.07 Å². The molecule has 0 amide bonds. The maximum Gasteiger partial charge on any atom is 0.349 e. The third-order valence-corrected chi connectivity index (χ3v) is 3.39. The molecular formula is C13H15Cl2N5O2. The van der Waals surface area contributed by atoms with Crippen molar-refractivity contribution < 1.29 is 4.74 Å². The van der Waals surface area contributed by atoms with Gasteiger partial charge in [-0.1, -0.05) is 11.6 Å². The third kappa shape index (κ3) is 3.75. The first-order valence-electron chi connectivity index (χ1n) is 6.47. The minimum atomic E-state index is -0.543. The van der Waals surface area contributed by atoms with Gasteiger partial charge in [-0.2, -0.15) is 9.97 Å². The van der Waals surface area contributed by atoms with Crippen LogP contribution in [0.1, 0.15) is 11.6 Å². The number of aromatic nitrogens is 3. The van der Waals surface area contributed by atoms with Crippen molar-refractivity contribution in [1.82, 2.24) is 20.3 Å². The number of anilines is 1. The fourth-order valence-corrected chi connectivity index (χ4v) is 2.50. The molecule has 22 heavy (non-hydrogen) atoms. The summed E-state index contributed by atoms with van der Waals surface area (Å²) in [6.07, 6.45) is 0. The van der Waals surface area contributed by atoms with Crippen molar-refractivity contribution >= 4 is 30.0 Å². The van der Waals surface area contributed by atoms with E-state index in [1.165, 1.54) is 0 Å². The minimum absolute atomic E-state index is 0. The van der Waals surface area contributed by atoms with E-state index in [2.05, 4.69) is 20.3 Å². The average Bonchev–Trinajstić information content (AvgIpc) is 2.46. The SMILES string of the molecule is Cl.Nc1nc(-c2cc(Cl)cc([C@@H]3COCCN3)c2)nc(=O)[nH]1. The summed E-state index contributed by atoms with van der Waals surface area (Å²) in [5.41, 5.74) is 6.60. The predicted octanol–water partition coefficient (Wildman–Crippen LogP) is 1.15. The van der Waals surface area contributed by atoms with Gasteiger partial charge in [0.15, 0.2) is 5.82 Å². The first kappa shape index (κ1) is 16.7. The van der Waals surface area contributed by atoms with Crippen molar-refractivity contribution in [3.8, 4) is 11.4 Å². The van der Waals surface area contributed by atoms with Crippen LogP contribution >= 0.6 is 24.0 Å². The van der Waals surface area contributed by atoms with Gasteiger partial charge in [0.2, 0.25) is 5.95 Å². The van der Waals surface area contributed by atoms with Crippen LogP contribution in [-0.4, -0.2) is 34.7 Å². The topological polar surface area (TPSA) is 106 Å². The summed E-state index contributed by atoms with van der Waals surface area (Å²) in [7, 11) is 0.